The second-order valence-corrected chi connectivity index (χ2v) is 9.36. The number of hydrogen-bond donors (Lipinski definition) is 2. The largest absolute Gasteiger partial charge is 0.455 e. The van der Waals surface area contributed by atoms with Crippen LogP contribution in [-0.2, 0) is 4.74 Å². The summed E-state index contributed by atoms with van der Waals surface area (Å²) in [5.41, 5.74) is 4.64. The van der Waals surface area contributed by atoms with Gasteiger partial charge < -0.3 is 19.8 Å². The van der Waals surface area contributed by atoms with E-state index in [1.54, 1.807) is 19.2 Å². The summed E-state index contributed by atoms with van der Waals surface area (Å²) in [6.45, 7) is 7.63. The molecule has 0 unspecified atom stereocenters. The van der Waals surface area contributed by atoms with Crippen LogP contribution in [0.25, 0.3) is 22.3 Å². The Balaban J connectivity index is 1.51. The van der Waals surface area contributed by atoms with Gasteiger partial charge in [0.25, 0.3) is 5.91 Å². The molecule has 2 aromatic carbocycles. The molecule has 0 spiro atoms. The van der Waals surface area contributed by atoms with Crippen molar-refractivity contribution in [2.45, 2.75) is 26.8 Å². The summed E-state index contributed by atoms with van der Waals surface area (Å²) >= 11 is 0. The van der Waals surface area contributed by atoms with E-state index < -0.39 is 0 Å². The van der Waals surface area contributed by atoms with Crippen LogP contribution in [0.5, 0.6) is 0 Å². The van der Waals surface area contributed by atoms with E-state index >= 15 is 0 Å². The van der Waals surface area contributed by atoms with Gasteiger partial charge in [0.05, 0.1) is 30.3 Å². The number of aryl methyl sites for hydroxylation is 1. The van der Waals surface area contributed by atoms with Crippen molar-refractivity contribution in [3.63, 3.8) is 0 Å². The molecule has 0 bridgehead atoms. The summed E-state index contributed by atoms with van der Waals surface area (Å²) in [4.78, 5) is 30.5. The average molecular weight is 484 g/mol. The molecule has 1 atom stereocenters. The molecule has 3 heterocycles. The van der Waals surface area contributed by atoms with Crippen LogP contribution in [0, 0.1) is 19.8 Å². The molecule has 2 N–H and O–H groups in total. The van der Waals surface area contributed by atoms with Gasteiger partial charge in [-0.15, -0.1) is 0 Å². The highest BCUT2D eigenvalue weighted by Gasteiger charge is 2.23. The van der Waals surface area contributed by atoms with E-state index in [0.29, 0.717) is 59.4 Å². The van der Waals surface area contributed by atoms with Gasteiger partial charge in [0.1, 0.15) is 11.3 Å². The quantitative estimate of drug-likeness (QED) is 0.383. The van der Waals surface area contributed by atoms with Crippen molar-refractivity contribution in [3.8, 4) is 11.3 Å². The van der Waals surface area contributed by atoms with Crippen molar-refractivity contribution in [2.24, 2.45) is 5.92 Å². The van der Waals surface area contributed by atoms with Crippen LogP contribution >= 0.6 is 0 Å². The number of amides is 1. The minimum absolute atomic E-state index is 0.0475. The number of nitrogens with one attached hydrogen (secondary N) is 2. The Morgan fingerprint density at radius 3 is 2.61 bits per heavy atom. The van der Waals surface area contributed by atoms with Crippen molar-refractivity contribution in [2.75, 3.05) is 25.1 Å². The number of anilines is 1. The van der Waals surface area contributed by atoms with Crippen molar-refractivity contribution in [1.82, 2.24) is 10.3 Å². The van der Waals surface area contributed by atoms with E-state index in [9.17, 15) is 9.59 Å². The van der Waals surface area contributed by atoms with Crippen molar-refractivity contribution in [1.29, 1.82) is 0 Å². The number of nitrogens with zero attached hydrogens (tertiary/aromatic N) is 1. The van der Waals surface area contributed by atoms with E-state index in [-0.39, 0.29) is 17.4 Å². The number of carbonyl (C=O) groups is 1. The lowest BCUT2D eigenvalue weighted by atomic mass is 9.98. The topological polar surface area (TPSA) is 93.5 Å². The Morgan fingerprint density at radius 1 is 1.11 bits per heavy atom. The lowest BCUT2D eigenvalue weighted by Crippen LogP contribution is -2.39. The first-order valence-electron chi connectivity index (χ1n) is 12.1. The first-order chi connectivity index (χ1) is 17.4. The van der Waals surface area contributed by atoms with Crippen LogP contribution < -0.4 is 16.1 Å². The number of pyridine rings is 1. The van der Waals surface area contributed by atoms with E-state index in [4.69, 9.17) is 9.15 Å². The molecular formula is C29H29N3O4. The molecule has 5 rings (SSSR count). The summed E-state index contributed by atoms with van der Waals surface area (Å²) in [6.07, 6.45) is 1.60. The number of aromatic nitrogens is 1. The molecular weight excluding hydrogens is 454 g/mol. The van der Waals surface area contributed by atoms with Gasteiger partial charge in [-0.05, 0) is 44.5 Å². The maximum atomic E-state index is 13.4. The molecule has 4 aromatic rings. The Kier molecular flexibility index (Phi) is 6.57. The van der Waals surface area contributed by atoms with Gasteiger partial charge >= 0.3 is 0 Å². The number of carbonyl (C=O) groups excluding carboxylic acids is 1. The molecule has 36 heavy (non-hydrogen) atoms. The molecule has 2 aromatic heterocycles. The SMILES string of the molecule is Cc1cc([C@@H](C)Nc2cccnc2C(=O)NCC2COC2)c2oc(-c3ccccc3)c(C)c(=O)c2c1. The van der Waals surface area contributed by atoms with Crippen LogP contribution in [0.2, 0.25) is 0 Å². The van der Waals surface area contributed by atoms with Gasteiger partial charge in [0.2, 0.25) is 0 Å². The monoisotopic (exact) mass is 483 g/mol. The molecule has 7 heteroatoms. The van der Waals surface area contributed by atoms with Crippen molar-refractivity contribution < 1.29 is 13.9 Å². The first-order valence-corrected chi connectivity index (χ1v) is 12.1. The minimum Gasteiger partial charge on any atom is -0.455 e. The third kappa shape index (κ3) is 4.62. The summed E-state index contributed by atoms with van der Waals surface area (Å²) in [6, 6.07) is 16.9. The highest BCUT2D eigenvalue weighted by atomic mass is 16.5. The first kappa shape index (κ1) is 23.8. The summed E-state index contributed by atoms with van der Waals surface area (Å²) in [7, 11) is 0. The Bertz CT molecular complexity index is 1480. The second-order valence-electron chi connectivity index (χ2n) is 9.36. The molecule has 0 radical (unpaired) electrons. The standard InChI is InChI=1S/C29H29N3O4/c1-17-12-22(28-23(13-17)26(33)18(2)27(36-28)21-8-5-4-6-9-21)19(3)32-24-10-7-11-30-25(24)29(34)31-14-20-15-35-16-20/h4-13,19-20,32H,14-16H2,1-3H3,(H,31,34)/t19-/m1/s1. The molecule has 184 valence electrons. The Labute approximate surface area is 209 Å². The fourth-order valence-electron chi connectivity index (χ4n) is 4.49. The zero-order valence-corrected chi connectivity index (χ0v) is 20.6. The van der Waals surface area contributed by atoms with E-state index in [0.717, 1.165) is 16.7 Å². The Hall–Kier alpha value is -3.97. The number of hydrogen-bond acceptors (Lipinski definition) is 6. The van der Waals surface area contributed by atoms with Gasteiger partial charge in [-0.25, -0.2) is 4.98 Å². The third-order valence-corrected chi connectivity index (χ3v) is 6.55. The van der Waals surface area contributed by atoms with E-state index in [2.05, 4.69) is 15.6 Å². The lowest BCUT2D eigenvalue weighted by molar-refractivity contribution is -0.0299. The predicted molar refractivity (Wildman–Crippen MR) is 140 cm³/mol. The van der Waals surface area contributed by atoms with Gasteiger partial charge in [0.15, 0.2) is 11.1 Å². The molecule has 7 nitrogen and oxygen atoms in total. The summed E-state index contributed by atoms with van der Waals surface area (Å²) in [5.74, 6) is 0.670. The zero-order valence-electron chi connectivity index (χ0n) is 20.6. The third-order valence-electron chi connectivity index (χ3n) is 6.55. The van der Waals surface area contributed by atoms with E-state index in [1.165, 1.54) is 0 Å². The second kappa shape index (κ2) is 9.95. The molecule has 0 aliphatic carbocycles. The highest BCUT2D eigenvalue weighted by Crippen LogP contribution is 2.32. The predicted octanol–water partition coefficient (Wildman–Crippen LogP) is 5.02. The molecule has 1 amide bonds. The zero-order chi connectivity index (χ0) is 25.2. The maximum Gasteiger partial charge on any atom is 0.272 e. The van der Waals surface area contributed by atoms with Crippen LogP contribution in [0.15, 0.2) is 70.0 Å². The van der Waals surface area contributed by atoms with Crippen LogP contribution in [0.1, 0.15) is 40.1 Å². The Morgan fingerprint density at radius 2 is 1.89 bits per heavy atom. The van der Waals surface area contributed by atoms with Gasteiger partial charge in [-0.3, -0.25) is 9.59 Å². The van der Waals surface area contributed by atoms with Gasteiger partial charge in [-0.1, -0.05) is 36.4 Å². The molecule has 1 fully saturated rings. The van der Waals surface area contributed by atoms with Crippen LogP contribution in [0.3, 0.4) is 0 Å². The number of ether oxygens (including phenoxy) is 1. The van der Waals surface area contributed by atoms with Crippen LogP contribution in [-0.4, -0.2) is 30.6 Å². The average Bonchev–Trinajstić information content (AvgIpc) is 2.86. The van der Waals surface area contributed by atoms with Crippen molar-refractivity contribution >= 4 is 22.6 Å². The molecule has 1 aliphatic rings. The fourth-order valence-corrected chi connectivity index (χ4v) is 4.49. The molecule has 0 saturated carbocycles. The number of benzene rings is 2. The highest BCUT2D eigenvalue weighted by molar-refractivity contribution is 5.97. The van der Waals surface area contributed by atoms with Gasteiger partial charge in [-0.2, -0.15) is 0 Å². The summed E-state index contributed by atoms with van der Waals surface area (Å²) < 4.78 is 11.6. The smallest absolute Gasteiger partial charge is 0.272 e. The van der Waals surface area contributed by atoms with Crippen LogP contribution in [0.4, 0.5) is 5.69 Å². The van der Waals surface area contributed by atoms with E-state index in [1.807, 2.05) is 62.4 Å². The van der Waals surface area contributed by atoms with Crippen molar-refractivity contribution in [3.05, 3.63) is 93.4 Å². The maximum absolute atomic E-state index is 13.4. The number of rotatable bonds is 7. The number of fused-ring (bicyclic) bond motifs is 1. The summed E-state index contributed by atoms with van der Waals surface area (Å²) in [5, 5.41) is 6.92. The van der Waals surface area contributed by atoms with Gasteiger partial charge in [0, 0.05) is 35.3 Å². The molecule has 1 aliphatic heterocycles. The lowest BCUT2D eigenvalue weighted by Gasteiger charge is -2.26. The fraction of sp³-hybridized carbons (Fsp3) is 0.276. The molecule has 1 saturated heterocycles. The minimum atomic E-state index is -0.266. The normalized spacial score (nSPS) is 14.3.